The lowest BCUT2D eigenvalue weighted by atomic mass is 10.2. The standard InChI is InChI=1S/C16H21N3O4S2/c1-4-5-6-7-15-12(2)18(3)16(24-15)17-25(22,23)14-10-8-13(9-11-14)19(20)21/h8-11H,4-7H2,1-3H3/b17-16+. The van der Waals surface area contributed by atoms with Gasteiger partial charge in [-0.05, 0) is 31.9 Å². The highest BCUT2D eigenvalue weighted by molar-refractivity contribution is 7.90. The second-order valence-corrected chi connectivity index (χ2v) is 8.39. The molecule has 1 heterocycles. The molecule has 0 radical (unpaired) electrons. The number of unbranched alkanes of at least 4 members (excludes halogenated alkanes) is 2. The zero-order valence-corrected chi connectivity index (χ0v) is 16.1. The molecule has 0 spiro atoms. The molecular formula is C16H21N3O4S2. The molecule has 0 aliphatic carbocycles. The zero-order valence-electron chi connectivity index (χ0n) is 14.4. The monoisotopic (exact) mass is 383 g/mol. The zero-order chi connectivity index (χ0) is 18.6. The van der Waals surface area contributed by atoms with Crippen LogP contribution in [-0.2, 0) is 23.5 Å². The Hall–Kier alpha value is -2.00. The van der Waals surface area contributed by atoms with E-state index in [9.17, 15) is 18.5 Å². The number of thiazole rings is 1. The van der Waals surface area contributed by atoms with E-state index in [1.165, 1.54) is 23.5 Å². The van der Waals surface area contributed by atoms with Gasteiger partial charge in [-0.2, -0.15) is 8.42 Å². The normalized spacial score (nSPS) is 12.5. The maximum atomic E-state index is 12.5. The van der Waals surface area contributed by atoms with E-state index in [1.54, 1.807) is 11.6 Å². The van der Waals surface area contributed by atoms with Gasteiger partial charge >= 0.3 is 0 Å². The topological polar surface area (TPSA) is 94.6 Å². The molecule has 136 valence electrons. The molecule has 0 unspecified atom stereocenters. The summed E-state index contributed by atoms with van der Waals surface area (Å²) in [7, 11) is -2.12. The Bertz CT molecular complexity index is 925. The van der Waals surface area contributed by atoms with E-state index in [1.807, 2.05) is 6.92 Å². The average molecular weight is 383 g/mol. The Balaban J connectivity index is 2.37. The minimum atomic E-state index is -3.91. The molecule has 7 nitrogen and oxygen atoms in total. The van der Waals surface area contributed by atoms with E-state index in [4.69, 9.17) is 0 Å². The first-order valence-corrected chi connectivity index (χ1v) is 10.2. The van der Waals surface area contributed by atoms with E-state index in [-0.39, 0.29) is 10.6 Å². The largest absolute Gasteiger partial charge is 0.323 e. The van der Waals surface area contributed by atoms with E-state index >= 15 is 0 Å². The first-order chi connectivity index (χ1) is 11.8. The van der Waals surface area contributed by atoms with Gasteiger partial charge in [0.2, 0.25) is 4.80 Å². The molecule has 0 aliphatic rings. The molecule has 0 amide bonds. The Morgan fingerprint density at radius 2 is 1.88 bits per heavy atom. The van der Waals surface area contributed by atoms with Crippen molar-refractivity contribution in [3.8, 4) is 0 Å². The van der Waals surface area contributed by atoms with Gasteiger partial charge in [0.1, 0.15) is 0 Å². The molecule has 2 rings (SSSR count). The van der Waals surface area contributed by atoms with Crippen LogP contribution < -0.4 is 4.80 Å². The van der Waals surface area contributed by atoms with Crippen LogP contribution >= 0.6 is 11.3 Å². The molecule has 1 aromatic heterocycles. The lowest BCUT2D eigenvalue weighted by molar-refractivity contribution is -0.384. The molecule has 0 bridgehead atoms. The molecule has 0 atom stereocenters. The molecule has 0 aliphatic heterocycles. The summed E-state index contributed by atoms with van der Waals surface area (Å²) in [5, 5.41) is 10.7. The number of benzene rings is 1. The molecule has 0 N–H and O–H groups in total. The van der Waals surface area contributed by atoms with Crippen LogP contribution in [-0.4, -0.2) is 17.9 Å². The van der Waals surface area contributed by atoms with Crippen LogP contribution in [0.2, 0.25) is 0 Å². The molecule has 0 fully saturated rings. The van der Waals surface area contributed by atoms with E-state index in [2.05, 4.69) is 11.3 Å². The van der Waals surface area contributed by atoms with Gasteiger partial charge in [-0.15, -0.1) is 15.7 Å². The van der Waals surface area contributed by atoms with Gasteiger partial charge < -0.3 is 4.57 Å². The molecule has 0 saturated carbocycles. The maximum Gasteiger partial charge on any atom is 0.285 e. The first kappa shape index (κ1) is 19.3. The second kappa shape index (κ2) is 7.92. The summed E-state index contributed by atoms with van der Waals surface area (Å²) in [6, 6.07) is 4.75. The third kappa shape index (κ3) is 4.55. The Labute approximate surface area is 150 Å². The number of aromatic nitrogens is 1. The van der Waals surface area contributed by atoms with E-state index in [0.29, 0.717) is 4.80 Å². The van der Waals surface area contributed by atoms with Crippen molar-refractivity contribution in [1.82, 2.24) is 4.57 Å². The van der Waals surface area contributed by atoms with Gasteiger partial charge in [-0.3, -0.25) is 10.1 Å². The van der Waals surface area contributed by atoms with Crippen LogP contribution in [0.4, 0.5) is 5.69 Å². The lowest BCUT2D eigenvalue weighted by Gasteiger charge is -2.00. The SMILES string of the molecule is CCCCCc1s/c(=N/S(=O)(=O)c2ccc([N+](=O)[O-])cc2)n(C)c1C. The quantitative estimate of drug-likeness (QED) is 0.416. The van der Waals surface area contributed by atoms with Gasteiger partial charge in [-0.1, -0.05) is 19.8 Å². The minimum Gasteiger partial charge on any atom is -0.323 e. The van der Waals surface area contributed by atoms with Crippen LogP contribution in [0, 0.1) is 17.0 Å². The Morgan fingerprint density at radius 3 is 2.44 bits per heavy atom. The van der Waals surface area contributed by atoms with Crippen LogP contribution in [0.15, 0.2) is 33.6 Å². The smallest absolute Gasteiger partial charge is 0.285 e. The highest BCUT2D eigenvalue weighted by Gasteiger charge is 2.16. The summed E-state index contributed by atoms with van der Waals surface area (Å²) >= 11 is 1.38. The lowest BCUT2D eigenvalue weighted by Crippen LogP contribution is -2.14. The summed E-state index contributed by atoms with van der Waals surface area (Å²) in [6.45, 7) is 4.09. The number of nitrogens with zero attached hydrogens (tertiary/aromatic N) is 3. The molecule has 2 aromatic rings. The van der Waals surface area contributed by atoms with Gasteiger partial charge in [0, 0.05) is 29.8 Å². The Morgan fingerprint density at radius 1 is 1.24 bits per heavy atom. The third-order valence-corrected chi connectivity index (χ3v) is 6.65. The Kier molecular flexibility index (Phi) is 6.12. The van der Waals surface area contributed by atoms with Crippen molar-refractivity contribution < 1.29 is 13.3 Å². The van der Waals surface area contributed by atoms with Gasteiger partial charge in [0.25, 0.3) is 15.7 Å². The number of nitro benzene ring substituents is 1. The van der Waals surface area contributed by atoms with Gasteiger partial charge in [0.05, 0.1) is 9.82 Å². The molecular weight excluding hydrogens is 362 g/mol. The van der Waals surface area contributed by atoms with E-state index < -0.39 is 14.9 Å². The van der Waals surface area contributed by atoms with Crippen LogP contribution in [0.5, 0.6) is 0 Å². The first-order valence-electron chi connectivity index (χ1n) is 7.97. The molecule has 0 saturated heterocycles. The fourth-order valence-corrected chi connectivity index (χ4v) is 4.71. The van der Waals surface area contributed by atoms with Crippen molar-refractivity contribution in [2.45, 2.75) is 44.4 Å². The minimum absolute atomic E-state index is 0.0586. The van der Waals surface area contributed by atoms with Crippen molar-refractivity contribution >= 4 is 27.0 Å². The summed E-state index contributed by atoms with van der Waals surface area (Å²) in [6.07, 6.45) is 4.23. The van der Waals surface area contributed by atoms with Crippen molar-refractivity contribution in [3.05, 3.63) is 49.8 Å². The highest BCUT2D eigenvalue weighted by atomic mass is 32.2. The van der Waals surface area contributed by atoms with Gasteiger partial charge in [-0.25, -0.2) is 0 Å². The van der Waals surface area contributed by atoms with Crippen molar-refractivity contribution in [3.63, 3.8) is 0 Å². The predicted molar refractivity (Wildman–Crippen MR) is 97.1 cm³/mol. The number of aryl methyl sites for hydroxylation is 1. The van der Waals surface area contributed by atoms with Crippen LogP contribution in [0.25, 0.3) is 0 Å². The average Bonchev–Trinajstić information content (AvgIpc) is 2.83. The second-order valence-electron chi connectivity index (χ2n) is 5.73. The molecule has 25 heavy (non-hydrogen) atoms. The summed E-state index contributed by atoms with van der Waals surface area (Å²) in [5.41, 5.74) is 0.855. The third-order valence-electron chi connectivity index (χ3n) is 3.96. The van der Waals surface area contributed by atoms with Crippen molar-refractivity contribution in [2.24, 2.45) is 11.4 Å². The number of sulfonamides is 1. The number of nitro groups is 1. The van der Waals surface area contributed by atoms with Crippen molar-refractivity contribution in [1.29, 1.82) is 0 Å². The fraction of sp³-hybridized carbons (Fsp3) is 0.438. The fourth-order valence-electron chi connectivity index (χ4n) is 2.33. The van der Waals surface area contributed by atoms with Gasteiger partial charge in [0.15, 0.2) is 0 Å². The highest BCUT2D eigenvalue weighted by Crippen LogP contribution is 2.19. The molecule has 1 aromatic carbocycles. The molecule has 9 heteroatoms. The number of hydrogen-bond acceptors (Lipinski definition) is 5. The maximum absolute atomic E-state index is 12.5. The van der Waals surface area contributed by atoms with Crippen LogP contribution in [0.1, 0.15) is 36.8 Å². The predicted octanol–water partition coefficient (Wildman–Crippen LogP) is 3.33. The number of non-ortho nitro benzene ring substituents is 1. The van der Waals surface area contributed by atoms with E-state index in [0.717, 1.165) is 48.4 Å². The van der Waals surface area contributed by atoms with Crippen molar-refractivity contribution in [2.75, 3.05) is 0 Å². The number of hydrogen-bond donors (Lipinski definition) is 0. The van der Waals surface area contributed by atoms with Crippen LogP contribution in [0.3, 0.4) is 0 Å². The number of rotatable bonds is 7. The summed E-state index contributed by atoms with van der Waals surface area (Å²) in [4.78, 5) is 11.6. The summed E-state index contributed by atoms with van der Waals surface area (Å²) in [5.74, 6) is 0. The summed E-state index contributed by atoms with van der Waals surface area (Å²) < 4.78 is 30.6.